The molecule has 29 heavy (non-hydrogen) atoms. The molecule has 0 atom stereocenters. The van der Waals surface area contributed by atoms with Crippen LogP contribution in [0.4, 0.5) is 0 Å². The molecule has 1 N–H and O–H groups in total. The lowest BCUT2D eigenvalue weighted by atomic mass is 10.2. The van der Waals surface area contributed by atoms with Crippen molar-refractivity contribution in [1.29, 1.82) is 0 Å². The Balaban J connectivity index is 1.69. The van der Waals surface area contributed by atoms with Crippen molar-refractivity contribution in [2.24, 2.45) is 5.10 Å². The molecule has 0 aliphatic heterocycles. The largest absolute Gasteiger partial charge is 0.378 e. The van der Waals surface area contributed by atoms with Crippen molar-refractivity contribution < 1.29 is 12.6 Å². The minimum absolute atomic E-state index is 0.0944. The van der Waals surface area contributed by atoms with E-state index in [-0.39, 0.29) is 10.6 Å². The molecule has 7 heteroatoms. The SMILES string of the molecule is Cc1ccc(S(=O)(=O)Oc2ccccc2/C=N/NC(=S)Cc2ccccc2)cc1. The van der Waals surface area contributed by atoms with Crippen molar-refractivity contribution in [1.82, 2.24) is 5.43 Å². The molecule has 0 aliphatic carbocycles. The third kappa shape index (κ3) is 5.97. The number of benzene rings is 3. The Kier molecular flexibility index (Phi) is 6.74. The standard InChI is InChI=1S/C22H20N2O3S2/c1-17-11-13-20(14-12-17)29(25,26)27-21-10-6-5-9-19(21)16-23-24-22(28)15-18-7-3-2-4-8-18/h2-14,16H,15H2,1H3,(H,24,28)/b23-16+. The average Bonchev–Trinajstić information content (AvgIpc) is 2.70. The van der Waals surface area contributed by atoms with E-state index >= 15 is 0 Å². The van der Waals surface area contributed by atoms with Crippen molar-refractivity contribution in [3.63, 3.8) is 0 Å². The minimum atomic E-state index is -3.94. The Morgan fingerprint density at radius 1 is 1.00 bits per heavy atom. The molecule has 0 spiro atoms. The molecule has 0 aliphatic rings. The Bertz CT molecular complexity index is 1110. The van der Waals surface area contributed by atoms with Gasteiger partial charge in [0.25, 0.3) is 0 Å². The summed E-state index contributed by atoms with van der Waals surface area (Å²) in [6, 6.07) is 23.1. The summed E-state index contributed by atoms with van der Waals surface area (Å²) in [5.41, 5.74) is 5.36. The third-order valence-electron chi connectivity index (χ3n) is 4.03. The molecule has 0 aromatic heterocycles. The fraction of sp³-hybridized carbons (Fsp3) is 0.0909. The average molecular weight is 425 g/mol. The predicted octanol–water partition coefficient (Wildman–Crippen LogP) is 4.26. The number of nitrogens with zero attached hydrogens (tertiary/aromatic N) is 1. The van der Waals surface area contributed by atoms with Crippen LogP contribution < -0.4 is 9.61 Å². The van der Waals surface area contributed by atoms with Crippen molar-refractivity contribution >= 4 is 33.5 Å². The quantitative estimate of drug-likeness (QED) is 0.266. The van der Waals surface area contributed by atoms with E-state index in [9.17, 15) is 8.42 Å². The number of para-hydroxylation sites is 1. The van der Waals surface area contributed by atoms with E-state index < -0.39 is 10.1 Å². The summed E-state index contributed by atoms with van der Waals surface area (Å²) in [6.07, 6.45) is 2.05. The summed E-state index contributed by atoms with van der Waals surface area (Å²) in [7, 11) is -3.94. The Morgan fingerprint density at radius 2 is 1.66 bits per heavy atom. The molecule has 3 aromatic carbocycles. The number of hydrogen-bond donors (Lipinski definition) is 1. The third-order valence-corrected chi connectivity index (χ3v) is 5.51. The molecular formula is C22H20N2O3S2. The van der Waals surface area contributed by atoms with Crippen molar-refractivity contribution in [2.75, 3.05) is 0 Å². The first-order valence-electron chi connectivity index (χ1n) is 8.90. The summed E-state index contributed by atoms with van der Waals surface area (Å²) in [4.78, 5) is 0.648. The number of hydrazone groups is 1. The van der Waals surface area contributed by atoms with Crippen LogP contribution in [0, 0.1) is 6.92 Å². The second-order valence-corrected chi connectivity index (χ2v) is 8.38. The fourth-order valence-corrected chi connectivity index (χ4v) is 3.70. The first kappa shape index (κ1) is 20.7. The highest BCUT2D eigenvalue weighted by atomic mass is 32.2. The van der Waals surface area contributed by atoms with Crippen LogP contribution in [-0.2, 0) is 16.5 Å². The summed E-state index contributed by atoms with van der Waals surface area (Å²) in [5.74, 6) is 0.188. The highest BCUT2D eigenvalue weighted by Crippen LogP contribution is 2.22. The summed E-state index contributed by atoms with van der Waals surface area (Å²) in [6.45, 7) is 1.89. The van der Waals surface area contributed by atoms with E-state index in [1.807, 2.05) is 37.3 Å². The molecule has 3 rings (SSSR count). The van der Waals surface area contributed by atoms with E-state index in [0.29, 0.717) is 17.0 Å². The number of hydrogen-bond acceptors (Lipinski definition) is 5. The Morgan fingerprint density at radius 3 is 2.38 bits per heavy atom. The molecule has 5 nitrogen and oxygen atoms in total. The van der Waals surface area contributed by atoms with Gasteiger partial charge in [-0.25, -0.2) is 0 Å². The molecule has 0 heterocycles. The molecule has 0 bridgehead atoms. The monoisotopic (exact) mass is 424 g/mol. The summed E-state index contributed by atoms with van der Waals surface area (Å²) < 4.78 is 30.4. The maximum Gasteiger partial charge on any atom is 0.339 e. The zero-order chi connectivity index (χ0) is 20.7. The van der Waals surface area contributed by atoms with Gasteiger partial charge in [0, 0.05) is 12.0 Å². The molecule has 3 aromatic rings. The lowest BCUT2D eigenvalue weighted by molar-refractivity contribution is 0.485. The van der Waals surface area contributed by atoms with Crippen LogP contribution in [0.25, 0.3) is 0 Å². The van der Waals surface area contributed by atoms with Gasteiger partial charge in [-0.05, 0) is 36.8 Å². The van der Waals surface area contributed by atoms with Gasteiger partial charge < -0.3 is 4.18 Å². The van der Waals surface area contributed by atoms with Gasteiger partial charge in [-0.1, -0.05) is 72.4 Å². The van der Waals surface area contributed by atoms with Crippen molar-refractivity contribution in [2.45, 2.75) is 18.2 Å². The van der Waals surface area contributed by atoms with Crippen molar-refractivity contribution in [3.8, 4) is 5.75 Å². The van der Waals surface area contributed by atoms with E-state index in [0.717, 1.165) is 11.1 Å². The number of thiocarbonyl (C=S) groups is 1. The van der Waals surface area contributed by atoms with Crippen LogP contribution in [0.15, 0.2) is 88.9 Å². The second-order valence-electron chi connectivity index (χ2n) is 6.34. The van der Waals surface area contributed by atoms with Gasteiger partial charge in [-0.15, -0.1) is 0 Å². The van der Waals surface area contributed by atoms with Crippen LogP contribution >= 0.6 is 12.2 Å². The van der Waals surface area contributed by atoms with Crippen LogP contribution in [0.2, 0.25) is 0 Å². The summed E-state index contributed by atoms with van der Waals surface area (Å²) >= 11 is 5.29. The predicted molar refractivity (Wildman–Crippen MR) is 119 cm³/mol. The Hall–Kier alpha value is -3.03. The lowest BCUT2D eigenvalue weighted by Gasteiger charge is -2.09. The first-order valence-corrected chi connectivity index (χ1v) is 10.7. The van der Waals surface area contributed by atoms with Crippen LogP contribution in [0.3, 0.4) is 0 Å². The molecule has 148 valence electrons. The zero-order valence-electron chi connectivity index (χ0n) is 15.8. The fourth-order valence-electron chi connectivity index (χ4n) is 2.53. The highest BCUT2D eigenvalue weighted by Gasteiger charge is 2.17. The second kappa shape index (κ2) is 9.45. The molecule has 0 saturated heterocycles. The molecule has 0 amide bonds. The summed E-state index contributed by atoms with van der Waals surface area (Å²) in [5, 5.41) is 4.12. The number of rotatable bonds is 7. The van der Waals surface area contributed by atoms with Crippen LogP contribution in [0.5, 0.6) is 5.75 Å². The van der Waals surface area contributed by atoms with Gasteiger partial charge in [-0.3, -0.25) is 5.43 Å². The lowest BCUT2D eigenvalue weighted by Crippen LogP contribution is -2.17. The zero-order valence-corrected chi connectivity index (χ0v) is 17.4. The smallest absolute Gasteiger partial charge is 0.339 e. The molecule has 0 saturated carbocycles. The topological polar surface area (TPSA) is 67.8 Å². The maximum atomic E-state index is 12.5. The molecule has 0 radical (unpaired) electrons. The van der Waals surface area contributed by atoms with E-state index in [1.165, 1.54) is 18.3 Å². The van der Waals surface area contributed by atoms with Crippen molar-refractivity contribution in [3.05, 3.63) is 95.6 Å². The van der Waals surface area contributed by atoms with E-state index in [1.54, 1.807) is 36.4 Å². The normalized spacial score (nSPS) is 11.3. The Labute approximate surface area is 176 Å². The van der Waals surface area contributed by atoms with E-state index in [4.69, 9.17) is 16.4 Å². The van der Waals surface area contributed by atoms with E-state index in [2.05, 4.69) is 10.5 Å². The van der Waals surface area contributed by atoms with Gasteiger partial charge in [-0.2, -0.15) is 13.5 Å². The molecule has 0 fully saturated rings. The van der Waals surface area contributed by atoms with Gasteiger partial charge in [0.2, 0.25) is 0 Å². The van der Waals surface area contributed by atoms with Gasteiger partial charge >= 0.3 is 10.1 Å². The number of aryl methyl sites for hydroxylation is 1. The van der Waals surface area contributed by atoms with Crippen LogP contribution in [-0.4, -0.2) is 19.6 Å². The highest BCUT2D eigenvalue weighted by molar-refractivity contribution is 7.87. The minimum Gasteiger partial charge on any atom is -0.378 e. The molecule has 0 unspecified atom stereocenters. The first-order chi connectivity index (χ1) is 13.9. The number of nitrogens with one attached hydrogen (secondary N) is 1. The molecular weight excluding hydrogens is 404 g/mol. The van der Waals surface area contributed by atoms with Gasteiger partial charge in [0.1, 0.15) is 9.88 Å². The van der Waals surface area contributed by atoms with Gasteiger partial charge in [0.05, 0.1) is 6.21 Å². The van der Waals surface area contributed by atoms with Gasteiger partial charge in [0.15, 0.2) is 5.75 Å². The maximum absolute atomic E-state index is 12.5. The van der Waals surface area contributed by atoms with Crippen LogP contribution in [0.1, 0.15) is 16.7 Å².